The molecule has 3 heterocycles. The molecule has 2 fully saturated rings. The maximum absolute atomic E-state index is 7.00. The number of ether oxygens (including phenoxy) is 2. The third-order valence-electron chi connectivity index (χ3n) is 7.93. The Morgan fingerprint density at radius 1 is 0.952 bits per heavy atom. The zero-order valence-corrected chi connectivity index (χ0v) is 31.1. The summed E-state index contributed by atoms with van der Waals surface area (Å²) in [4.78, 5) is 8.18. The van der Waals surface area contributed by atoms with Crippen LogP contribution < -0.4 is 0 Å². The van der Waals surface area contributed by atoms with Gasteiger partial charge in [0.05, 0.1) is 48.2 Å². The van der Waals surface area contributed by atoms with Gasteiger partial charge in [0.2, 0.25) is 0 Å². The number of nitrogens with one attached hydrogen (secondary N) is 1. The first-order valence-electron chi connectivity index (χ1n) is 15.8. The van der Waals surface area contributed by atoms with Crippen LogP contribution in [-0.4, -0.2) is 78.2 Å². The Balaban J connectivity index is 1.51. The summed E-state index contributed by atoms with van der Waals surface area (Å²) in [5.41, 5.74) is 3.24. The van der Waals surface area contributed by atoms with Crippen LogP contribution in [0.5, 0.6) is 0 Å². The van der Waals surface area contributed by atoms with Crippen molar-refractivity contribution in [2.75, 3.05) is 6.61 Å². The minimum atomic E-state index is -1.90. The minimum Gasteiger partial charge on any atom is -0.415 e. The van der Waals surface area contributed by atoms with Crippen molar-refractivity contribution in [1.82, 2.24) is 9.97 Å². The van der Waals surface area contributed by atoms with Gasteiger partial charge in [-0.3, -0.25) is 0 Å². The molecular formula is C32H56N2O5Si3. The van der Waals surface area contributed by atoms with Gasteiger partial charge < -0.3 is 27.7 Å². The number of epoxide rings is 1. The van der Waals surface area contributed by atoms with Crippen LogP contribution in [0.1, 0.15) is 39.4 Å². The zero-order valence-electron chi connectivity index (χ0n) is 28.1. The average molecular weight is 633 g/mol. The number of para-hydroxylation sites is 2. The number of imidazole rings is 1. The summed E-state index contributed by atoms with van der Waals surface area (Å²) in [5.74, 6) is 1.46. The van der Waals surface area contributed by atoms with Crippen molar-refractivity contribution in [3.05, 3.63) is 35.7 Å². The molecule has 1 aromatic heterocycles. The van der Waals surface area contributed by atoms with Crippen LogP contribution in [0.3, 0.4) is 0 Å². The molecule has 1 aromatic carbocycles. The molecule has 236 valence electrons. The van der Waals surface area contributed by atoms with E-state index in [9.17, 15) is 0 Å². The molecular weight excluding hydrogens is 577 g/mol. The van der Waals surface area contributed by atoms with Crippen LogP contribution in [0.2, 0.25) is 58.9 Å². The Bertz CT molecular complexity index is 1180. The molecule has 2 saturated heterocycles. The normalized spacial score (nSPS) is 29.1. The molecule has 7 nitrogen and oxygen atoms in total. The Morgan fingerprint density at radius 2 is 1.60 bits per heavy atom. The standard InChI is InChI=1S/C32H56N2O5Si3/c1-21(18-29-33-25-15-13-14-16-26(25)34-29)17-27-32(39-42(10,11)12)31(38-41(7,8)9)24(20-35-27)19-28-30(36-28)22(2)23(3)37-40(4,5)6/h13-16,18,22-24,27-28,30-32H,17,19-20H2,1-12H3,(H,33,34)/b21-18+/t22-,23-,24-,27-,28-,30-,31+,32-/m0/s1. The molecule has 0 radical (unpaired) electrons. The lowest BCUT2D eigenvalue weighted by Crippen LogP contribution is -2.58. The van der Waals surface area contributed by atoms with E-state index in [0.717, 1.165) is 29.7 Å². The summed E-state index contributed by atoms with van der Waals surface area (Å²) in [5, 5.41) is 0. The Labute approximate surface area is 257 Å². The van der Waals surface area contributed by atoms with Crippen LogP contribution in [0.15, 0.2) is 29.8 Å². The highest BCUT2D eigenvalue weighted by Crippen LogP contribution is 2.41. The SMILES string of the molecule is C/C(=C\c1nc2ccccc2[nH]1)C[C@@H]1OC[C@H](C[C@@H]2O[C@H]2[C@@H](C)[C@H](C)O[Si](C)(C)C)[C@@H](O[Si](C)(C)C)[C@H]1O[Si](C)(C)C. The van der Waals surface area contributed by atoms with Gasteiger partial charge in [-0.05, 0) is 104 Å². The van der Waals surface area contributed by atoms with Gasteiger partial charge in [-0.25, -0.2) is 4.98 Å². The van der Waals surface area contributed by atoms with Gasteiger partial charge in [0, 0.05) is 17.9 Å². The van der Waals surface area contributed by atoms with Crippen LogP contribution >= 0.6 is 0 Å². The van der Waals surface area contributed by atoms with Gasteiger partial charge in [-0.1, -0.05) is 24.6 Å². The fourth-order valence-electron chi connectivity index (χ4n) is 6.11. The lowest BCUT2D eigenvalue weighted by Gasteiger charge is -2.47. The third kappa shape index (κ3) is 9.69. The summed E-state index contributed by atoms with van der Waals surface area (Å²) in [6.07, 6.45) is 4.27. The van der Waals surface area contributed by atoms with Crippen LogP contribution in [0.25, 0.3) is 17.1 Å². The van der Waals surface area contributed by atoms with Crippen molar-refractivity contribution in [1.29, 1.82) is 0 Å². The van der Waals surface area contributed by atoms with Crippen molar-refractivity contribution >= 4 is 42.1 Å². The maximum atomic E-state index is 7.00. The first-order valence-corrected chi connectivity index (χ1v) is 26.0. The van der Waals surface area contributed by atoms with Crippen molar-refractivity contribution in [3.8, 4) is 0 Å². The molecule has 2 aliphatic heterocycles. The summed E-state index contributed by atoms with van der Waals surface area (Å²) in [6.45, 7) is 27.7. The van der Waals surface area contributed by atoms with E-state index in [1.165, 1.54) is 5.57 Å². The van der Waals surface area contributed by atoms with E-state index in [2.05, 4.69) is 96.8 Å². The zero-order chi connectivity index (χ0) is 31.0. The molecule has 2 aliphatic rings. The largest absolute Gasteiger partial charge is 0.415 e. The smallest absolute Gasteiger partial charge is 0.184 e. The number of aromatic nitrogens is 2. The Hall–Kier alpha value is -1.12. The molecule has 4 rings (SSSR count). The van der Waals surface area contributed by atoms with Gasteiger partial charge in [-0.15, -0.1) is 0 Å². The molecule has 10 heteroatoms. The summed E-state index contributed by atoms with van der Waals surface area (Å²) in [6, 6.07) is 8.14. The van der Waals surface area contributed by atoms with Crippen LogP contribution in [0.4, 0.5) is 0 Å². The topological polar surface area (TPSA) is 78.1 Å². The molecule has 8 atom stereocenters. The van der Waals surface area contributed by atoms with Gasteiger partial charge in [0.1, 0.15) is 5.82 Å². The fraction of sp³-hybridized carbons (Fsp3) is 0.719. The van der Waals surface area contributed by atoms with E-state index in [0.29, 0.717) is 12.5 Å². The number of aromatic amines is 1. The highest BCUT2D eigenvalue weighted by Gasteiger charge is 2.51. The number of H-pyrrole nitrogens is 1. The second-order valence-electron chi connectivity index (χ2n) is 15.5. The van der Waals surface area contributed by atoms with Gasteiger partial charge in [0.25, 0.3) is 0 Å². The minimum absolute atomic E-state index is 0.0167. The molecule has 0 spiro atoms. The first-order chi connectivity index (χ1) is 19.4. The molecule has 42 heavy (non-hydrogen) atoms. The van der Waals surface area contributed by atoms with Crippen LogP contribution in [-0.2, 0) is 22.8 Å². The van der Waals surface area contributed by atoms with E-state index >= 15 is 0 Å². The Kier molecular flexibility index (Phi) is 10.5. The summed E-state index contributed by atoms with van der Waals surface area (Å²) < 4.78 is 33.3. The van der Waals surface area contributed by atoms with Crippen molar-refractivity contribution in [2.45, 2.75) is 129 Å². The highest BCUT2D eigenvalue weighted by molar-refractivity contribution is 6.70. The number of hydrogen-bond donors (Lipinski definition) is 1. The van der Waals surface area contributed by atoms with Crippen molar-refractivity contribution < 1.29 is 22.8 Å². The number of fused-ring (bicyclic) bond motifs is 1. The van der Waals surface area contributed by atoms with Crippen molar-refractivity contribution in [3.63, 3.8) is 0 Å². The fourth-order valence-corrected chi connectivity index (χ4v) is 9.68. The lowest BCUT2D eigenvalue weighted by molar-refractivity contribution is -0.152. The molecule has 0 bridgehead atoms. The molecule has 0 saturated carbocycles. The third-order valence-corrected chi connectivity index (χ3v) is 11.0. The van der Waals surface area contributed by atoms with E-state index in [4.69, 9.17) is 27.7 Å². The second-order valence-corrected chi connectivity index (χ2v) is 28.9. The van der Waals surface area contributed by atoms with E-state index in [-0.39, 0.29) is 42.5 Å². The van der Waals surface area contributed by atoms with E-state index in [1.54, 1.807) is 0 Å². The Morgan fingerprint density at radius 3 is 2.21 bits per heavy atom. The van der Waals surface area contributed by atoms with E-state index < -0.39 is 25.0 Å². The second kappa shape index (κ2) is 13.1. The molecule has 0 amide bonds. The highest BCUT2D eigenvalue weighted by atomic mass is 28.4. The predicted molar refractivity (Wildman–Crippen MR) is 180 cm³/mol. The monoisotopic (exact) mass is 632 g/mol. The summed E-state index contributed by atoms with van der Waals surface area (Å²) >= 11 is 0. The number of nitrogens with zero attached hydrogens (tertiary/aromatic N) is 1. The molecule has 0 unspecified atom stereocenters. The average Bonchev–Trinajstić information content (AvgIpc) is 3.47. The van der Waals surface area contributed by atoms with Crippen molar-refractivity contribution in [2.24, 2.45) is 11.8 Å². The molecule has 0 aliphatic carbocycles. The van der Waals surface area contributed by atoms with Gasteiger partial charge in [-0.2, -0.15) is 0 Å². The number of rotatable bonds is 13. The quantitative estimate of drug-likeness (QED) is 0.179. The van der Waals surface area contributed by atoms with E-state index in [1.807, 2.05) is 18.2 Å². The van der Waals surface area contributed by atoms with Crippen LogP contribution in [0, 0.1) is 11.8 Å². The lowest BCUT2D eigenvalue weighted by atomic mass is 9.85. The molecule has 1 N–H and O–H groups in total. The predicted octanol–water partition coefficient (Wildman–Crippen LogP) is 7.85. The first kappa shape index (κ1) is 33.8. The number of hydrogen-bond acceptors (Lipinski definition) is 6. The van der Waals surface area contributed by atoms with Gasteiger partial charge in [0.15, 0.2) is 25.0 Å². The number of benzene rings is 1. The summed E-state index contributed by atoms with van der Waals surface area (Å²) in [7, 11) is -5.38. The maximum Gasteiger partial charge on any atom is 0.184 e. The van der Waals surface area contributed by atoms with Gasteiger partial charge >= 0.3 is 0 Å². The molecule has 2 aromatic rings.